The molecule has 0 aromatic carbocycles. The zero-order valence-corrected chi connectivity index (χ0v) is 22.6. The van der Waals surface area contributed by atoms with Crippen LogP contribution in [0.25, 0.3) is 0 Å². The number of hydrogen-bond acceptors (Lipinski definition) is 6. The molecule has 0 aromatic heterocycles. The second kappa shape index (κ2) is 12.4. The zero-order chi connectivity index (χ0) is 27.3. The first-order valence-electron chi connectivity index (χ1n) is 13.9. The first-order valence-corrected chi connectivity index (χ1v) is 13.9. The number of hydrogen-bond donors (Lipinski definition) is 4. The zero-order valence-electron chi connectivity index (χ0n) is 22.6. The number of ketones is 1. The third-order valence-electron chi connectivity index (χ3n) is 8.36. The van der Waals surface area contributed by atoms with Crippen LogP contribution in [0.1, 0.15) is 91.4 Å². The van der Waals surface area contributed by atoms with E-state index in [1.807, 2.05) is 20.8 Å². The van der Waals surface area contributed by atoms with E-state index < -0.39 is 53.2 Å². The molecule has 3 rings (SSSR count). The molecule has 1 heterocycles. The Morgan fingerprint density at radius 2 is 1.38 bits per heavy atom. The van der Waals surface area contributed by atoms with Gasteiger partial charge >= 0.3 is 0 Å². The van der Waals surface area contributed by atoms with E-state index in [9.17, 15) is 24.0 Å². The van der Waals surface area contributed by atoms with Gasteiger partial charge in [0.2, 0.25) is 23.6 Å². The molecule has 2 saturated carbocycles. The van der Waals surface area contributed by atoms with Crippen molar-refractivity contribution in [3.63, 3.8) is 0 Å². The summed E-state index contributed by atoms with van der Waals surface area (Å²) in [6, 6.07) is -3.55. The highest BCUT2D eigenvalue weighted by Gasteiger charge is 2.44. The Morgan fingerprint density at radius 1 is 0.865 bits per heavy atom. The van der Waals surface area contributed by atoms with Crippen LogP contribution in [0.3, 0.4) is 0 Å². The smallest absolute Gasteiger partial charge is 0.243 e. The number of carbonyl (C=O) groups is 5. The van der Waals surface area contributed by atoms with Gasteiger partial charge in [0.05, 0.1) is 12.6 Å². The van der Waals surface area contributed by atoms with Gasteiger partial charge in [0.1, 0.15) is 18.1 Å². The molecule has 0 aromatic rings. The number of amides is 4. The van der Waals surface area contributed by atoms with Crippen LogP contribution < -0.4 is 22.1 Å². The summed E-state index contributed by atoms with van der Waals surface area (Å²) in [5, 5.41) is 5.73. The first kappa shape index (κ1) is 29.1. The largest absolute Gasteiger partial charge is 0.368 e. The number of nitrogens with one attached hydrogen (secondary N) is 2. The van der Waals surface area contributed by atoms with E-state index in [4.69, 9.17) is 11.5 Å². The molecule has 3 fully saturated rings. The molecule has 208 valence electrons. The molecular weight excluding hydrogens is 474 g/mol. The number of nitrogens with two attached hydrogens (primary N) is 2. The highest BCUT2D eigenvalue weighted by Crippen LogP contribution is 2.30. The minimum atomic E-state index is -1.02. The van der Waals surface area contributed by atoms with Crippen LogP contribution in [0.4, 0.5) is 0 Å². The van der Waals surface area contributed by atoms with Gasteiger partial charge in [-0.05, 0) is 42.9 Å². The lowest BCUT2D eigenvalue weighted by Gasteiger charge is -2.35. The monoisotopic (exact) mass is 519 g/mol. The van der Waals surface area contributed by atoms with Crippen LogP contribution >= 0.6 is 0 Å². The molecule has 3 aliphatic rings. The van der Waals surface area contributed by atoms with Crippen LogP contribution in [-0.4, -0.2) is 65.0 Å². The van der Waals surface area contributed by atoms with Crippen molar-refractivity contribution in [2.24, 2.45) is 28.7 Å². The van der Waals surface area contributed by atoms with Gasteiger partial charge in [0, 0.05) is 6.42 Å². The number of likely N-dealkylation sites (tertiary alicyclic amines) is 1. The maximum Gasteiger partial charge on any atom is 0.243 e. The summed E-state index contributed by atoms with van der Waals surface area (Å²) in [4.78, 5) is 66.0. The summed E-state index contributed by atoms with van der Waals surface area (Å²) in [6.07, 6.45) is 9.10. The van der Waals surface area contributed by atoms with Crippen LogP contribution in [0.2, 0.25) is 0 Å². The molecule has 1 saturated heterocycles. The van der Waals surface area contributed by atoms with E-state index >= 15 is 0 Å². The first-order chi connectivity index (χ1) is 17.4. The minimum Gasteiger partial charge on any atom is -0.368 e. The minimum absolute atomic E-state index is 0.0163. The second-order valence-electron chi connectivity index (χ2n) is 12.2. The Kier molecular flexibility index (Phi) is 9.72. The molecule has 6 N–H and O–H groups in total. The quantitative estimate of drug-likeness (QED) is 0.375. The maximum absolute atomic E-state index is 13.6. The number of primary amides is 1. The van der Waals surface area contributed by atoms with Gasteiger partial charge in [0.25, 0.3) is 0 Å². The fourth-order valence-corrected chi connectivity index (χ4v) is 5.95. The van der Waals surface area contributed by atoms with Gasteiger partial charge in [-0.15, -0.1) is 0 Å². The molecule has 1 aliphatic heterocycles. The lowest BCUT2D eigenvalue weighted by atomic mass is 9.81. The average Bonchev–Trinajstić information content (AvgIpc) is 3.26. The predicted octanol–water partition coefficient (Wildman–Crippen LogP) is 1.15. The van der Waals surface area contributed by atoms with Crippen LogP contribution in [0, 0.1) is 17.3 Å². The van der Waals surface area contributed by atoms with Crippen molar-refractivity contribution in [2.75, 3.05) is 6.54 Å². The Bertz CT molecular complexity index is 873. The SMILES string of the molecule is CC(C)(C)C(N)C(=O)N1CC(=O)CC1C(=O)N[C@H](C(=O)N[C@H](C(N)=O)C1CCCCC1)C1CCCCC1. The molecule has 10 nitrogen and oxygen atoms in total. The van der Waals surface area contributed by atoms with E-state index in [0.717, 1.165) is 64.2 Å². The van der Waals surface area contributed by atoms with Crippen molar-refractivity contribution in [1.29, 1.82) is 0 Å². The second-order valence-corrected chi connectivity index (χ2v) is 12.2. The molecule has 0 bridgehead atoms. The van der Waals surface area contributed by atoms with Crippen LogP contribution in [0.15, 0.2) is 0 Å². The molecule has 2 unspecified atom stereocenters. The Balaban J connectivity index is 1.78. The van der Waals surface area contributed by atoms with Crippen molar-refractivity contribution in [1.82, 2.24) is 15.5 Å². The van der Waals surface area contributed by atoms with Crippen molar-refractivity contribution in [3.8, 4) is 0 Å². The third kappa shape index (κ3) is 7.30. The molecule has 0 spiro atoms. The van der Waals surface area contributed by atoms with Gasteiger partial charge in [0.15, 0.2) is 5.78 Å². The van der Waals surface area contributed by atoms with E-state index in [-0.39, 0.29) is 30.6 Å². The normalized spacial score (nSPS) is 24.3. The van der Waals surface area contributed by atoms with E-state index in [2.05, 4.69) is 10.6 Å². The number of carbonyl (C=O) groups excluding carboxylic acids is 5. The highest BCUT2D eigenvalue weighted by atomic mass is 16.2. The standard InChI is InChI=1S/C27H45N5O5/c1-27(2,3)22(28)26(37)32-15-18(33)14-19(32)24(35)31-21(17-12-8-5-9-13-17)25(36)30-20(23(29)34)16-10-6-4-7-11-16/h16-17,19-22H,4-15,28H2,1-3H3,(H2,29,34)(H,30,36)(H,31,35)/t19?,20-,21-,22?/m0/s1. The van der Waals surface area contributed by atoms with Crippen molar-refractivity contribution in [3.05, 3.63) is 0 Å². The highest BCUT2D eigenvalue weighted by molar-refractivity contribution is 6.01. The average molecular weight is 520 g/mol. The Hall–Kier alpha value is -2.49. The number of Topliss-reactive ketones (excluding diaryl/α,β-unsaturated/α-hetero) is 1. The van der Waals surface area contributed by atoms with Gasteiger partial charge < -0.3 is 27.0 Å². The fraction of sp³-hybridized carbons (Fsp3) is 0.815. The summed E-state index contributed by atoms with van der Waals surface area (Å²) < 4.78 is 0. The molecule has 2 aliphatic carbocycles. The van der Waals surface area contributed by atoms with Crippen molar-refractivity contribution < 1.29 is 24.0 Å². The fourth-order valence-electron chi connectivity index (χ4n) is 5.95. The summed E-state index contributed by atoms with van der Waals surface area (Å²) >= 11 is 0. The summed E-state index contributed by atoms with van der Waals surface area (Å²) in [5.41, 5.74) is 11.3. The number of rotatable bonds is 8. The van der Waals surface area contributed by atoms with Crippen molar-refractivity contribution >= 4 is 29.4 Å². The molecule has 0 radical (unpaired) electrons. The van der Waals surface area contributed by atoms with E-state index in [1.165, 1.54) is 4.90 Å². The summed E-state index contributed by atoms with van der Waals surface area (Å²) in [7, 11) is 0. The lowest BCUT2D eigenvalue weighted by molar-refractivity contribution is -0.142. The molecule has 4 amide bonds. The summed E-state index contributed by atoms with van der Waals surface area (Å²) in [5.74, 6) is -2.33. The van der Waals surface area contributed by atoms with Gasteiger partial charge in [-0.1, -0.05) is 59.3 Å². The van der Waals surface area contributed by atoms with Crippen LogP contribution in [0.5, 0.6) is 0 Å². The summed E-state index contributed by atoms with van der Waals surface area (Å²) in [6.45, 7) is 5.31. The Labute approximate surface area is 220 Å². The third-order valence-corrected chi connectivity index (χ3v) is 8.36. The van der Waals surface area contributed by atoms with Crippen LogP contribution in [-0.2, 0) is 24.0 Å². The molecule has 37 heavy (non-hydrogen) atoms. The van der Waals surface area contributed by atoms with Gasteiger partial charge in [-0.2, -0.15) is 0 Å². The molecule has 4 atom stereocenters. The van der Waals surface area contributed by atoms with E-state index in [0.29, 0.717) is 0 Å². The lowest BCUT2D eigenvalue weighted by Crippen LogP contribution is -2.60. The topological polar surface area (TPSA) is 165 Å². The predicted molar refractivity (Wildman–Crippen MR) is 139 cm³/mol. The number of nitrogens with zero attached hydrogens (tertiary/aromatic N) is 1. The molecular formula is C27H45N5O5. The molecule has 10 heteroatoms. The maximum atomic E-state index is 13.6. The van der Waals surface area contributed by atoms with E-state index in [1.54, 1.807) is 0 Å². The van der Waals surface area contributed by atoms with Crippen molar-refractivity contribution in [2.45, 2.75) is 116 Å². The van der Waals surface area contributed by atoms with Gasteiger partial charge in [-0.3, -0.25) is 24.0 Å². The van der Waals surface area contributed by atoms with Gasteiger partial charge in [-0.25, -0.2) is 0 Å². The Morgan fingerprint density at radius 3 is 1.86 bits per heavy atom.